The monoisotopic (exact) mass is 294 g/mol. The van der Waals surface area contributed by atoms with Gasteiger partial charge in [0, 0.05) is 6.54 Å². The number of halogens is 1. The lowest BCUT2D eigenvalue weighted by atomic mass is 9.73. The van der Waals surface area contributed by atoms with E-state index in [2.05, 4.69) is 12.2 Å². The van der Waals surface area contributed by atoms with Gasteiger partial charge >= 0.3 is 0 Å². The van der Waals surface area contributed by atoms with Gasteiger partial charge in [-0.15, -0.1) is 0 Å². The van der Waals surface area contributed by atoms with Crippen LogP contribution in [-0.4, -0.2) is 18.0 Å². The van der Waals surface area contributed by atoms with Crippen LogP contribution in [0.5, 0.6) is 0 Å². The Morgan fingerprint density at radius 1 is 1.50 bits per heavy atom. The predicted octanol–water partition coefficient (Wildman–Crippen LogP) is 3.29. The van der Waals surface area contributed by atoms with Crippen LogP contribution in [0.4, 0.5) is 0 Å². The van der Waals surface area contributed by atoms with Crippen molar-refractivity contribution >= 4 is 17.5 Å². The molecule has 0 spiro atoms. The Morgan fingerprint density at radius 3 is 2.90 bits per heavy atom. The maximum Gasteiger partial charge on any atom is 0.253 e. The molecule has 2 unspecified atom stereocenters. The lowest BCUT2D eigenvalue weighted by Gasteiger charge is -2.42. The first-order chi connectivity index (χ1) is 9.50. The van der Waals surface area contributed by atoms with Crippen LogP contribution in [0.25, 0.3) is 0 Å². The number of aryl methyl sites for hydroxylation is 1. The molecule has 1 aliphatic rings. The Labute approximate surface area is 125 Å². The minimum Gasteiger partial charge on any atom is -0.345 e. The van der Waals surface area contributed by atoms with Crippen LogP contribution in [0.3, 0.4) is 0 Å². The number of amides is 1. The average Bonchev–Trinajstić information content (AvgIpc) is 2.44. The molecule has 1 aromatic rings. The standard InChI is InChI=1S/C16H23ClN2O/c1-11-6-5-8-13(14(11)17)15(20)19-16(10-18)9-4-3-7-12(16)2/h5-6,8,12H,3-4,7,9-10,18H2,1-2H3,(H,19,20). The summed E-state index contributed by atoms with van der Waals surface area (Å²) in [4.78, 5) is 12.5. The van der Waals surface area contributed by atoms with Crippen molar-refractivity contribution in [3.63, 3.8) is 0 Å². The summed E-state index contributed by atoms with van der Waals surface area (Å²) in [7, 11) is 0. The van der Waals surface area contributed by atoms with Crippen LogP contribution < -0.4 is 11.1 Å². The fraction of sp³-hybridized carbons (Fsp3) is 0.562. The molecule has 110 valence electrons. The van der Waals surface area contributed by atoms with Gasteiger partial charge in [-0.05, 0) is 37.3 Å². The van der Waals surface area contributed by atoms with E-state index in [0.29, 0.717) is 23.0 Å². The van der Waals surface area contributed by atoms with Crippen molar-refractivity contribution in [2.75, 3.05) is 6.54 Å². The third kappa shape index (κ3) is 2.84. The van der Waals surface area contributed by atoms with Gasteiger partial charge in [-0.2, -0.15) is 0 Å². The van der Waals surface area contributed by atoms with E-state index in [4.69, 9.17) is 17.3 Å². The van der Waals surface area contributed by atoms with Gasteiger partial charge in [-0.25, -0.2) is 0 Å². The summed E-state index contributed by atoms with van der Waals surface area (Å²) >= 11 is 6.24. The SMILES string of the molecule is Cc1cccc(C(=O)NC2(CN)CCCCC2C)c1Cl. The highest BCUT2D eigenvalue weighted by Gasteiger charge is 2.38. The van der Waals surface area contributed by atoms with E-state index in [0.717, 1.165) is 24.8 Å². The summed E-state index contributed by atoms with van der Waals surface area (Å²) in [6.07, 6.45) is 4.38. The highest BCUT2D eigenvalue weighted by molar-refractivity contribution is 6.34. The van der Waals surface area contributed by atoms with Crippen molar-refractivity contribution in [2.45, 2.75) is 45.1 Å². The van der Waals surface area contributed by atoms with Gasteiger partial charge in [0.05, 0.1) is 16.1 Å². The Kier molecular flexibility index (Phi) is 4.71. The number of carbonyl (C=O) groups excluding carboxylic acids is 1. The lowest BCUT2D eigenvalue weighted by Crippen LogP contribution is -2.59. The van der Waals surface area contributed by atoms with Crippen molar-refractivity contribution in [1.29, 1.82) is 0 Å². The Morgan fingerprint density at radius 2 is 2.25 bits per heavy atom. The molecule has 2 atom stereocenters. The average molecular weight is 295 g/mol. The molecule has 1 aromatic carbocycles. The van der Waals surface area contributed by atoms with E-state index in [1.54, 1.807) is 6.07 Å². The normalized spacial score (nSPS) is 26.3. The zero-order valence-corrected chi connectivity index (χ0v) is 13.0. The van der Waals surface area contributed by atoms with E-state index < -0.39 is 0 Å². The third-order valence-corrected chi connectivity index (χ3v) is 5.12. The summed E-state index contributed by atoms with van der Waals surface area (Å²) in [6, 6.07) is 5.53. The second-order valence-corrected chi connectivity index (χ2v) is 6.28. The number of rotatable bonds is 3. The zero-order valence-electron chi connectivity index (χ0n) is 12.2. The van der Waals surface area contributed by atoms with E-state index in [1.165, 1.54) is 6.42 Å². The molecular weight excluding hydrogens is 272 g/mol. The van der Waals surface area contributed by atoms with Crippen LogP contribution >= 0.6 is 11.6 Å². The summed E-state index contributed by atoms with van der Waals surface area (Å²) in [5.74, 6) is 0.284. The molecular formula is C16H23ClN2O. The van der Waals surface area contributed by atoms with Crippen molar-refractivity contribution in [3.05, 3.63) is 34.3 Å². The fourth-order valence-corrected chi connectivity index (χ4v) is 3.28. The van der Waals surface area contributed by atoms with E-state index in [-0.39, 0.29) is 11.4 Å². The minimum atomic E-state index is -0.289. The lowest BCUT2D eigenvalue weighted by molar-refractivity contribution is 0.0813. The summed E-state index contributed by atoms with van der Waals surface area (Å²) in [5.41, 5.74) is 7.14. The van der Waals surface area contributed by atoms with Crippen molar-refractivity contribution in [1.82, 2.24) is 5.32 Å². The highest BCUT2D eigenvalue weighted by Crippen LogP contribution is 2.33. The van der Waals surface area contributed by atoms with Gasteiger partial charge < -0.3 is 11.1 Å². The molecule has 20 heavy (non-hydrogen) atoms. The molecule has 0 heterocycles. The summed E-state index contributed by atoms with van der Waals surface area (Å²) in [6.45, 7) is 4.55. The van der Waals surface area contributed by atoms with Gasteiger partial charge in [0.1, 0.15) is 0 Å². The first-order valence-electron chi connectivity index (χ1n) is 7.28. The van der Waals surface area contributed by atoms with Gasteiger partial charge in [-0.3, -0.25) is 4.79 Å². The minimum absolute atomic E-state index is 0.113. The predicted molar refractivity (Wildman–Crippen MR) is 83.1 cm³/mol. The maximum absolute atomic E-state index is 12.5. The summed E-state index contributed by atoms with van der Waals surface area (Å²) < 4.78 is 0. The molecule has 4 heteroatoms. The molecule has 0 bridgehead atoms. The maximum atomic E-state index is 12.5. The van der Waals surface area contributed by atoms with Gasteiger partial charge in [0.25, 0.3) is 5.91 Å². The number of hydrogen-bond donors (Lipinski definition) is 2. The van der Waals surface area contributed by atoms with E-state index in [1.807, 2.05) is 19.1 Å². The van der Waals surface area contributed by atoms with Gasteiger partial charge in [-0.1, -0.05) is 43.5 Å². The fourth-order valence-electron chi connectivity index (χ4n) is 3.07. The van der Waals surface area contributed by atoms with Crippen LogP contribution in [0, 0.1) is 12.8 Å². The number of nitrogens with one attached hydrogen (secondary N) is 1. The van der Waals surface area contributed by atoms with Crippen LogP contribution in [0.1, 0.15) is 48.5 Å². The molecule has 1 amide bonds. The molecule has 0 aromatic heterocycles. The van der Waals surface area contributed by atoms with Crippen molar-refractivity contribution < 1.29 is 4.79 Å². The second kappa shape index (κ2) is 6.15. The Bertz CT molecular complexity index is 503. The van der Waals surface area contributed by atoms with Gasteiger partial charge in [0.15, 0.2) is 0 Å². The highest BCUT2D eigenvalue weighted by atomic mass is 35.5. The van der Waals surface area contributed by atoms with Crippen molar-refractivity contribution in [3.8, 4) is 0 Å². The number of benzene rings is 1. The van der Waals surface area contributed by atoms with Crippen molar-refractivity contribution in [2.24, 2.45) is 11.7 Å². The van der Waals surface area contributed by atoms with Crippen LogP contribution in [-0.2, 0) is 0 Å². The quantitative estimate of drug-likeness (QED) is 0.899. The first kappa shape index (κ1) is 15.3. The van der Waals surface area contributed by atoms with E-state index >= 15 is 0 Å². The van der Waals surface area contributed by atoms with Crippen LogP contribution in [0.2, 0.25) is 5.02 Å². The molecule has 1 aliphatic carbocycles. The molecule has 3 nitrogen and oxygen atoms in total. The smallest absolute Gasteiger partial charge is 0.253 e. The molecule has 1 fully saturated rings. The third-order valence-electron chi connectivity index (χ3n) is 4.62. The van der Waals surface area contributed by atoms with Gasteiger partial charge in [0.2, 0.25) is 0 Å². The number of hydrogen-bond acceptors (Lipinski definition) is 2. The number of carbonyl (C=O) groups is 1. The molecule has 0 saturated heterocycles. The Hall–Kier alpha value is -1.06. The molecule has 3 N–H and O–H groups in total. The van der Waals surface area contributed by atoms with E-state index in [9.17, 15) is 4.79 Å². The Balaban J connectivity index is 2.23. The summed E-state index contributed by atoms with van der Waals surface area (Å²) in [5, 5.41) is 3.70. The molecule has 2 rings (SSSR count). The second-order valence-electron chi connectivity index (χ2n) is 5.90. The largest absolute Gasteiger partial charge is 0.345 e. The first-order valence-corrected chi connectivity index (χ1v) is 7.65. The van der Waals surface area contributed by atoms with Crippen LogP contribution in [0.15, 0.2) is 18.2 Å². The molecule has 1 saturated carbocycles. The topological polar surface area (TPSA) is 55.1 Å². The molecule has 0 radical (unpaired) electrons. The number of nitrogens with two attached hydrogens (primary N) is 1. The molecule has 0 aliphatic heterocycles. The zero-order chi connectivity index (χ0) is 14.8.